The molecule has 0 aliphatic carbocycles. The molecule has 0 radical (unpaired) electrons. The third-order valence-corrected chi connectivity index (χ3v) is 5.42. The zero-order valence-corrected chi connectivity index (χ0v) is 17.7. The molecule has 148 valence electrons. The zero-order valence-electron chi connectivity index (χ0n) is 16.1. The van der Waals surface area contributed by atoms with Gasteiger partial charge in [-0.3, -0.25) is 0 Å². The van der Waals surface area contributed by atoms with E-state index in [2.05, 4.69) is 68.8 Å². The molecule has 0 unspecified atom stereocenters. The maximum atomic E-state index is 6.27. The summed E-state index contributed by atoms with van der Waals surface area (Å²) in [5, 5.41) is 7.17. The lowest BCUT2D eigenvalue weighted by Gasteiger charge is -2.30. The van der Waals surface area contributed by atoms with Gasteiger partial charge >= 0.3 is 0 Å². The molecule has 2 heterocycles. The molecule has 2 aromatic carbocycles. The molecular weight excluding hydrogens is 402 g/mol. The second-order valence-corrected chi connectivity index (χ2v) is 7.84. The van der Waals surface area contributed by atoms with Crippen LogP contribution in [0.4, 0.5) is 11.8 Å². The van der Waals surface area contributed by atoms with Gasteiger partial charge in [-0.1, -0.05) is 66.2 Å². The molecule has 1 atom stereocenters. The van der Waals surface area contributed by atoms with E-state index in [0.717, 1.165) is 30.9 Å². The Hall–Kier alpha value is -2.70. The van der Waals surface area contributed by atoms with Crippen molar-refractivity contribution in [2.75, 3.05) is 16.8 Å². The maximum Gasteiger partial charge on any atom is 0.232 e. The number of halogens is 1. The fourth-order valence-electron chi connectivity index (χ4n) is 3.47. The van der Waals surface area contributed by atoms with Gasteiger partial charge < -0.3 is 15.5 Å². The SMILES string of the molecule is C[C@@H](NC(=S)Nc1nc(Cl)cc(N2CCc3ccccc3C2)n1)c1ccccc1. The Kier molecular flexibility index (Phi) is 5.92. The van der Waals surface area contributed by atoms with Crippen LogP contribution in [0.15, 0.2) is 60.7 Å². The van der Waals surface area contributed by atoms with Gasteiger partial charge in [0.1, 0.15) is 11.0 Å². The normalized spacial score (nSPS) is 14.1. The van der Waals surface area contributed by atoms with Crippen LogP contribution in [0, 0.1) is 0 Å². The van der Waals surface area contributed by atoms with Gasteiger partial charge in [0.2, 0.25) is 5.95 Å². The van der Waals surface area contributed by atoms with Crippen molar-refractivity contribution in [3.8, 4) is 0 Å². The Balaban J connectivity index is 1.45. The Morgan fingerprint density at radius 2 is 1.79 bits per heavy atom. The van der Waals surface area contributed by atoms with E-state index in [1.54, 1.807) is 6.07 Å². The minimum absolute atomic E-state index is 0.0634. The van der Waals surface area contributed by atoms with Crippen molar-refractivity contribution in [3.63, 3.8) is 0 Å². The molecule has 1 aromatic heterocycles. The summed E-state index contributed by atoms with van der Waals surface area (Å²) in [4.78, 5) is 11.1. The van der Waals surface area contributed by atoms with E-state index in [9.17, 15) is 0 Å². The third kappa shape index (κ3) is 4.83. The Bertz CT molecular complexity index is 1010. The fraction of sp³-hybridized carbons (Fsp3) is 0.227. The molecule has 2 N–H and O–H groups in total. The highest BCUT2D eigenvalue weighted by Gasteiger charge is 2.18. The summed E-state index contributed by atoms with van der Waals surface area (Å²) < 4.78 is 0. The summed E-state index contributed by atoms with van der Waals surface area (Å²) >= 11 is 11.7. The van der Waals surface area contributed by atoms with Crippen LogP contribution < -0.4 is 15.5 Å². The summed E-state index contributed by atoms with van der Waals surface area (Å²) in [6.07, 6.45) is 0.981. The number of nitrogens with one attached hydrogen (secondary N) is 2. The number of thiocarbonyl (C=S) groups is 1. The van der Waals surface area contributed by atoms with Gasteiger partial charge in [0.05, 0.1) is 6.04 Å². The smallest absolute Gasteiger partial charge is 0.232 e. The topological polar surface area (TPSA) is 53.1 Å². The van der Waals surface area contributed by atoms with E-state index >= 15 is 0 Å². The number of rotatable bonds is 4. The highest BCUT2D eigenvalue weighted by Crippen LogP contribution is 2.25. The van der Waals surface area contributed by atoms with Gasteiger partial charge in [-0.25, -0.2) is 4.98 Å². The van der Waals surface area contributed by atoms with Gasteiger partial charge in [0.15, 0.2) is 5.11 Å². The lowest BCUT2D eigenvalue weighted by Crippen LogP contribution is -2.33. The molecule has 5 nitrogen and oxygen atoms in total. The maximum absolute atomic E-state index is 6.27. The molecule has 1 aliphatic heterocycles. The molecule has 7 heteroatoms. The molecule has 1 aliphatic rings. The van der Waals surface area contributed by atoms with Crippen molar-refractivity contribution in [1.82, 2.24) is 15.3 Å². The molecule has 0 saturated carbocycles. The minimum atomic E-state index is 0.0634. The number of hydrogen-bond donors (Lipinski definition) is 2. The first-order chi connectivity index (χ1) is 14.1. The first kappa shape index (κ1) is 19.6. The number of anilines is 2. The highest BCUT2D eigenvalue weighted by atomic mass is 35.5. The summed E-state index contributed by atoms with van der Waals surface area (Å²) in [5.41, 5.74) is 3.86. The van der Waals surface area contributed by atoms with Gasteiger partial charge in [-0.2, -0.15) is 4.98 Å². The van der Waals surface area contributed by atoms with Crippen LogP contribution in [-0.2, 0) is 13.0 Å². The largest absolute Gasteiger partial charge is 0.356 e. The number of nitrogens with zero attached hydrogens (tertiary/aromatic N) is 3. The van der Waals surface area contributed by atoms with Crippen molar-refractivity contribution in [1.29, 1.82) is 0 Å². The molecule has 3 aromatic rings. The van der Waals surface area contributed by atoms with E-state index in [-0.39, 0.29) is 6.04 Å². The van der Waals surface area contributed by atoms with Gasteiger partial charge in [-0.05, 0) is 42.3 Å². The molecular formula is C22H22ClN5S. The summed E-state index contributed by atoms with van der Waals surface area (Å²) in [5.74, 6) is 1.19. The van der Waals surface area contributed by atoms with Gasteiger partial charge in [-0.15, -0.1) is 0 Å². The predicted octanol–water partition coefficient (Wildman–Crippen LogP) is 4.74. The molecule has 4 rings (SSSR count). The van der Waals surface area contributed by atoms with Crippen molar-refractivity contribution in [2.24, 2.45) is 0 Å². The Labute approximate surface area is 181 Å². The minimum Gasteiger partial charge on any atom is -0.356 e. The standard InChI is InChI=1S/C22H22ClN5S/c1-15(16-7-3-2-4-8-16)24-22(29)27-21-25-19(23)13-20(26-21)28-12-11-17-9-5-6-10-18(17)14-28/h2-10,13,15H,11-12,14H2,1H3,(H2,24,25,26,27,29)/t15-/m1/s1. The first-order valence-electron chi connectivity index (χ1n) is 9.57. The quantitative estimate of drug-likeness (QED) is 0.467. The molecule has 29 heavy (non-hydrogen) atoms. The Morgan fingerprint density at radius 3 is 2.59 bits per heavy atom. The van der Waals surface area contributed by atoms with Crippen LogP contribution in [0.3, 0.4) is 0 Å². The number of hydrogen-bond acceptors (Lipinski definition) is 4. The number of fused-ring (bicyclic) bond motifs is 1. The highest BCUT2D eigenvalue weighted by molar-refractivity contribution is 7.80. The zero-order chi connectivity index (χ0) is 20.2. The van der Waals surface area contributed by atoms with Crippen molar-refractivity contribution in [3.05, 3.63) is 82.5 Å². The van der Waals surface area contributed by atoms with Crippen molar-refractivity contribution >= 4 is 40.7 Å². The van der Waals surface area contributed by atoms with E-state index in [1.807, 2.05) is 18.2 Å². The van der Waals surface area contributed by atoms with E-state index in [0.29, 0.717) is 16.2 Å². The van der Waals surface area contributed by atoms with E-state index in [4.69, 9.17) is 23.8 Å². The number of benzene rings is 2. The molecule has 0 amide bonds. The second-order valence-electron chi connectivity index (χ2n) is 7.04. The Morgan fingerprint density at radius 1 is 1.07 bits per heavy atom. The molecule has 0 fully saturated rings. The average molecular weight is 424 g/mol. The third-order valence-electron chi connectivity index (χ3n) is 5.01. The van der Waals surface area contributed by atoms with Crippen molar-refractivity contribution < 1.29 is 0 Å². The van der Waals surface area contributed by atoms with Crippen LogP contribution in [0.25, 0.3) is 0 Å². The average Bonchev–Trinajstić information content (AvgIpc) is 2.73. The van der Waals surface area contributed by atoms with Crippen molar-refractivity contribution in [2.45, 2.75) is 25.9 Å². The van der Waals surface area contributed by atoms with Crippen LogP contribution in [0.5, 0.6) is 0 Å². The van der Waals surface area contributed by atoms with Gasteiger partial charge in [0.25, 0.3) is 0 Å². The monoisotopic (exact) mass is 423 g/mol. The predicted molar refractivity (Wildman–Crippen MR) is 122 cm³/mol. The first-order valence-corrected chi connectivity index (χ1v) is 10.4. The molecule has 0 saturated heterocycles. The lowest BCUT2D eigenvalue weighted by molar-refractivity contribution is 0.717. The van der Waals surface area contributed by atoms with Crippen LogP contribution >= 0.6 is 23.8 Å². The van der Waals surface area contributed by atoms with Gasteiger partial charge in [0, 0.05) is 19.2 Å². The van der Waals surface area contributed by atoms with E-state index < -0.39 is 0 Å². The fourth-order valence-corrected chi connectivity index (χ4v) is 3.92. The summed E-state index contributed by atoms with van der Waals surface area (Å²) in [6, 6.07) is 20.5. The molecule has 0 spiro atoms. The lowest BCUT2D eigenvalue weighted by atomic mass is 10.00. The number of aromatic nitrogens is 2. The summed E-state index contributed by atoms with van der Waals surface area (Å²) in [6.45, 7) is 3.74. The van der Waals surface area contributed by atoms with Crippen LogP contribution in [-0.4, -0.2) is 21.6 Å². The second kappa shape index (κ2) is 8.76. The molecule has 0 bridgehead atoms. The van der Waals surface area contributed by atoms with Crippen LogP contribution in [0.1, 0.15) is 29.7 Å². The van der Waals surface area contributed by atoms with E-state index in [1.165, 1.54) is 11.1 Å². The van der Waals surface area contributed by atoms with Crippen LogP contribution in [0.2, 0.25) is 5.15 Å². The summed E-state index contributed by atoms with van der Waals surface area (Å²) in [7, 11) is 0.